The van der Waals surface area contributed by atoms with Crippen LogP contribution in [0.15, 0.2) is 29.2 Å². The quantitative estimate of drug-likeness (QED) is 0.795. The first-order valence-electron chi connectivity index (χ1n) is 5.62. The molecule has 0 heterocycles. The molecule has 19 heavy (non-hydrogen) atoms. The topological polar surface area (TPSA) is 92.3 Å². The molecule has 1 unspecified atom stereocenters. The molecule has 1 aromatic carbocycles. The number of hydrogen-bond donors (Lipinski definition) is 2. The van der Waals surface area contributed by atoms with E-state index >= 15 is 0 Å². The minimum Gasteiger partial charge on any atom is -0.388 e. The van der Waals surface area contributed by atoms with Crippen LogP contribution in [0.3, 0.4) is 0 Å². The fraction of sp³-hybridized carbons (Fsp3) is 0.455. The SMILES string of the molecule is CNc1ccc(S(=O)(=O)NC(C)CS(C)(=O)=O)cc1. The van der Waals surface area contributed by atoms with Gasteiger partial charge in [0.05, 0.1) is 10.6 Å². The van der Waals surface area contributed by atoms with Gasteiger partial charge in [0.1, 0.15) is 9.84 Å². The van der Waals surface area contributed by atoms with E-state index in [1.165, 1.54) is 19.1 Å². The monoisotopic (exact) mass is 306 g/mol. The van der Waals surface area contributed by atoms with Gasteiger partial charge in [0.15, 0.2) is 0 Å². The highest BCUT2D eigenvalue weighted by Gasteiger charge is 2.19. The first-order chi connectivity index (χ1) is 8.64. The average Bonchev–Trinajstić information content (AvgIpc) is 2.25. The summed E-state index contributed by atoms with van der Waals surface area (Å²) in [4.78, 5) is 0.104. The van der Waals surface area contributed by atoms with Crippen molar-refractivity contribution in [3.63, 3.8) is 0 Å². The smallest absolute Gasteiger partial charge is 0.240 e. The molecular weight excluding hydrogens is 288 g/mol. The Morgan fingerprint density at radius 3 is 2.05 bits per heavy atom. The number of sulfone groups is 1. The first-order valence-corrected chi connectivity index (χ1v) is 9.16. The fourth-order valence-electron chi connectivity index (χ4n) is 1.62. The number of nitrogens with one attached hydrogen (secondary N) is 2. The van der Waals surface area contributed by atoms with Gasteiger partial charge in [0, 0.05) is 25.0 Å². The van der Waals surface area contributed by atoms with Crippen LogP contribution in [0, 0.1) is 0 Å². The van der Waals surface area contributed by atoms with Crippen molar-refractivity contribution in [2.75, 3.05) is 24.4 Å². The molecule has 0 saturated carbocycles. The van der Waals surface area contributed by atoms with Gasteiger partial charge in [-0.1, -0.05) is 0 Å². The molecule has 0 amide bonds. The number of hydrogen-bond acceptors (Lipinski definition) is 5. The van der Waals surface area contributed by atoms with Crippen LogP contribution < -0.4 is 10.0 Å². The van der Waals surface area contributed by atoms with E-state index in [1.807, 2.05) is 0 Å². The molecule has 0 fully saturated rings. The third-order valence-corrected chi connectivity index (χ3v) is 5.07. The predicted molar refractivity (Wildman–Crippen MR) is 75.5 cm³/mol. The molecule has 1 aromatic rings. The summed E-state index contributed by atoms with van der Waals surface area (Å²) in [6.07, 6.45) is 1.07. The van der Waals surface area contributed by atoms with Gasteiger partial charge in [0.2, 0.25) is 10.0 Å². The summed E-state index contributed by atoms with van der Waals surface area (Å²) in [5, 5.41) is 2.88. The molecule has 6 nitrogen and oxygen atoms in total. The van der Waals surface area contributed by atoms with Crippen LogP contribution in [0.5, 0.6) is 0 Å². The third-order valence-electron chi connectivity index (χ3n) is 2.36. The lowest BCUT2D eigenvalue weighted by Gasteiger charge is -2.13. The van der Waals surface area contributed by atoms with Gasteiger partial charge in [-0.3, -0.25) is 0 Å². The molecule has 0 saturated heterocycles. The molecule has 2 N–H and O–H groups in total. The molecule has 108 valence electrons. The molecule has 0 aromatic heterocycles. The maximum Gasteiger partial charge on any atom is 0.240 e. The van der Waals surface area contributed by atoms with Crippen molar-refractivity contribution in [1.29, 1.82) is 0 Å². The standard InChI is InChI=1S/C11H18N2O4S2/c1-9(8-18(3,14)15)13-19(16,17)11-6-4-10(12-2)5-7-11/h4-7,9,12-13H,8H2,1-3H3. The summed E-state index contributed by atoms with van der Waals surface area (Å²) in [5.41, 5.74) is 0.795. The summed E-state index contributed by atoms with van der Waals surface area (Å²) in [6.45, 7) is 1.51. The highest BCUT2D eigenvalue weighted by molar-refractivity contribution is 7.91. The van der Waals surface area contributed by atoms with Crippen LogP contribution in [0.2, 0.25) is 0 Å². The molecule has 1 rings (SSSR count). The van der Waals surface area contributed by atoms with Crippen molar-refractivity contribution in [2.24, 2.45) is 0 Å². The summed E-state index contributed by atoms with van der Waals surface area (Å²) in [5.74, 6) is -0.235. The normalized spacial score (nSPS) is 14.1. The lowest BCUT2D eigenvalue weighted by molar-refractivity contribution is 0.564. The summed E-state index contributed by atoms with van der Waals surface area (Å²) in [6, 6.07) is 5.51. The lowest BCUT2D eigenvalue weighted by atomic mass is 10.3. The summed E-state index contributed by atoms with van der Waals surface area (Å²) >= 11 is 0. The molecule has 0 aliphatic heterocycles. The summed E-state index contributed by atoms with van der Waals surface area (Å²) in [7, 11) is -5.19. The Kier molecular flexibility index (Phi) is 4.94. The van der Waals surface area contributed by atoms with E-state index in [9.17, 15) is 16.8 Å². The van der Waals surface area contributed by atoms with Gasteiger partial charge in [0.25, 0.3) is 0 Å². The van der Waals surface area contributed by atoms with Crippen LogP contribution in [0.25, 0.3) is 0 Å². The molecular formula is C11H18N2O4S2. The number of sulfonamides is 1. The van der Waals surface area contributed by atoms with E-state index in [1.54, 1.807) is 19.2 Å². The first kappa shape index (κ1) is 15.9. The molecule has 0 bridgehead atoms. The maximum atomic E-state index is 12.0. The molecule has 0 aliphatic rings. The highest BCUT2D eigenvalue weighted by atomic mass is 32.2. The molecule has 1 atom stereocenters. The van der Waals surface area contributed by atoms with Crippen LogP contribution in [-0.2, 0) is 19.9 Å². The van der Waals surface area contributed by atoms with Crippen molar-refractivity contribution < 1.29 is 16.8 Å². The zero-order valence-corrected chi connectivity index (χ0v) is 12.7. The Hall–Kier alpha value is -1.12. The minimum absolute atomic E-state index is 0.104. The van der Waals surface area contributed by atoms with Crippen molar-refractivity contribution in [3.05, 3.63) is 24.3 Å². The Balaban J connectivity index is 2.86. The second-order valence-corrected chi connectivity index (χ2v) is 8.29. The van der Waals surface area contributed by atoms with Gasteiger partial charge >= 0.3 is 0 Å². The zero-order chi connectivity index (χ0) is 14.7. The maximum absolute atomic E-state index is 12.0. The molecule has 8 heteroatoms. The van der Waals surface area contributed by atoms with Crippen LogP contribution >= 0.6 is 0 Å². The van der Waals surface area contributed by atoms with E-state index in [0.717, 1.165) is 11.9 Å². The van der Waals surface area contributed by atoms with Gasteiger partial charge in [-0.2, -0.15) is 0 Å². The second kappa shape index (κ2) is 5.89. The third kappa shape index (κ3) is 5.17. The van der Waals surface area contributed by atoms with Gasteiger partial charge in [-0.25, -0.2) is 21.6 Å². The van der Waals surface area contributed by atoms with Crippen LogP contribution in [-0.4, -0.2) is 41.9 Å². The van der Waals surface area contributed by atoms with E-state index < -0.39 is 25.9 Å². The largest absolute Gasteiger partial charge is 0.388 e. The van der Waals surface area contributed by atoms with E-state index in [4.69, 9.17) is 0 Å². The van der Waals surface area contributed by atoms with Gasteiger partial charge in [-0.15, -0.1) is 0 Å². The van der Waals surface area contributed by atoms with Crippen molar-refractivity contribution in [2.45, 2.75) is 17.9 Å². The number of rotatable bonds is 6. The van der Waals surface area contributed by atoms with Crippen molar-refractivity contribution in [1.82, 2.24) is 4.72 Å². The average molecular weight is 306 g/mol. The van der Waals surface area contributed by atoms with Crippen LogP contribution in [0.4, 0.5) is 5.69 Å². The Morgan fingerprint density at radius 1 is 1.11 bits per heavy atom. The van der Waals surface area contributed by atoms with E-state index in [0.29, 0.717) is 0 Å². The Morgan fingerprint density at radius 2 is 1.63 bits per heavy atom. The number of anilines is 1. The zero-order valence-electron chi connectivity index (χ0n) is 11.0. The number of benzene rings is 1. The lowest BCUT2D eigenvalue weighted by Crippen LogP contribution is -2.37. The predicted octanol–water partition coefficient (Wildman–Crippen LogP) is 0.440. The minimum atomic E-state index is -3.70. The highest BCUT2D eigenvalue weighted by Crippen LogP contribution is 2.13. The molecule has 0 radical (unpaired) electrons. The summed E-state index contributed by atoms with van der Waals surface area (Å²) < 4.78 is 48.6. The van der Waals surface area contributed by atoms with E-state index in [2.05, 4.69) is 10.0 Å². The Labute approximate surface area is 114 Å². The van der Waals surface area contributed by atoms with Crippen LogP contribution in [0.1, 0.15) is 6.92 Å². The van der Waals surface area contributed by atoms with E-state index in [-0.39, 0.29) is 10.6 Å². The Bertz CT molecular complexity index is 621. The van der Waals surface area contributed by atoms with Crippen molar-refractivity contribution in [3.8, 4) is 0 Å². The van der Waals surface area contributed by atoms with Crippen molar-refractivity contribution >= 4 is 25.5 Å². The van der Waals surface area contributed by atoms with Gasteiger partial charge < -0.3 is 5.32 Å². The molecule has 0 spiro atoms. The fourth-order valence-corrected chi connectivity index (χ4v) is 3.96. The van der Waals surface area contributed by atoms with Gasteiger partial charge in [-0.05, 0) is 31.2 Å². The second-order valence-electron chi connectivity index (χ2n) is 4.39. The molecule has 0 aliphatic carbocycles.